The zero-order valence-electron chi connectivity index (χ0n) is 18.9. The van der Waals surface area contributed by atoms with Crippen molar-refractivity contribution in [2.75, 3.05) is 17.2 Å². The summed E-state index contributed by atoms with van der Waals surface area (Å²) in [7, 11) is 0. The SMILES string of the molecule is CC(C)O/N=C(/C(=O)NC1C(=O)N2C(C(=O)O)=C(CSc3nnc(CN)s3)CSC12)c1nsc(N)n1. The Morgan fingerprint density at radius 3 is 2.78 bits per heavy atom. The molecule has 0 bridgehead atoms. The van der Waals surface area contributed by atoms with Crippen LogP contribution < -0.4 is 16.8 Å². The molecular weight excluding hydrogens is 551 g/mol. The Bertz CT molecular complexity index is 1240. The number of nitrogens with two attached hydrogens (primary N) is 2. The van der Waals surface area contributed by atoms with E-state index >= 15 is 0 Å². The maximum absolute atomic E-state index is 13.0. The summed E-state index contributed by atoms with van der Waals surface area (Å²) < 4.78 is 4.65. The van der Waals surface area contributed by atoms with Gasteiger partial charge in [0.25, 0.3) is 11.8 Å². The van der Waals surface area contributed by atoms with Gasteiger partial charge in [-0.3, -0.25) is 14.5 Å². The number of fused-ring (bicyclic) bond motifs is 1. The van der Waals surface area contributed by atoms with E-state index in [1.54, 1.807) is 13.8 Å². The topological polar surface area (TPSA) is 212 Å². The van der Waals surface area contributed by atoms with Crippen molar-refractivity contribution in [3.63, 3.8) is 0 Å². The summed E-state index contributed by atoms with van der Waals surface area (Å²) in [6, 6.07) is -0.957. The number of carboxylic acids is 1. The fraction of sp³-hybridized carbons (Fsp3) is 0.444. The summed E-state index contributed by atoms with van der Waals surface area (Å²) in [6.45, 7) is 3.73. The van der Waals surface area contributed by atoms with Gasteiger partial charge in [0.1, 0.15) is 28.2 Å². The molecule has 2 aromatic rings. The van der Waals surface area contributed by atoms with Crippen molar-refractivity contribution in [3.05, 3.63) is 22.1 Å². The molecule has 36 heavy (non-hydrogen) atoms. The van der Waals surface area contributed by atoms with Crippen LogP contribution in [0.25, 0.3) is 0 Å². The van der Waals surface area contributed by atoms with Gasteiger partial charge in [-0.25, -0.2) is 4.79 Å². The minimum Gasteiger partial charge on any atom is -0.477 e. The molecule has 0 saturated carbocycles. The van der Waals surface area contributed by atoms with Crippen molar-refractivity contribution in [2.24, 2.45) is 10.9 Å². The molecule has 2 aliphatic heterocycles. The standard InChI is InChI=1S/C18H21N9O5S4/c1-6(2)32-25-9(12-22-17(20)36-26-12)13(28)21-10-14(29)27-11(16(30)31)7(4-33-15(10)27)5-34-18-24-23-8(3-19)35-18/h6,10,15H,3-5,19H2,1-2H3,(H,21,28)(H,30,31)(H2,20,22,26)/b25-9+. The highest BCUT2D eigenvalue weighted by Gasteiger charge is 2.54. The molecule has 1 saturated heterocycles. The minimum absolute atomic E-state index is 0.0320. The quantitative estimate of drug-likeness (QED) is 0.129. The molecule has 0 aromatic carbocycles. The number of anilines is 1. The monoisotopic (exact) mass is 571 g/mol. The summed E-state index contributed by atoms with van der Waals surface area (Å²) in [4.78, 5) is 48.4. The molecule has 1 fully saturated rings. The van der Waals surface area contributed by atoms with E-state index < -0.39 is 29.2 Å². The van der Waals surface area contributed by atoms with E-state index in [4.69, 9.17) is 16.3 Å². The highest BCUT2D eigenvalue weighted by atomic mass is 32.2. The van der Waals surface area contributed by atoms with Gasteiger partial charge in [0, 0.05) is 29.6 Å². The maximum Gasteiger partial charge on any atom is 0.352 e. The Hall–Kier alpha value is -2.80. The van der Waals surface area contributed by atoms with Gasteiger partial charge in [-0.1, -0.05) is 28.3 Å². The molecule has 14 nitrogen and oxygen atoms in total. The lowest BCUT2D eigenvalue weighted by molar-refractivity contribution is -0.150. The Balaban J connectivity index is 1.48. The lowest BCUT2D eigenvalue weighted by Gasteiger charge is -2.49. The molecule has 0 spiro atoms. The Morgan fingerprint density at radius 2 is 2.17 bits per heavy atom. The van der Waals surface area contributed by atoms with Gasteiger partial charge in [0.05, 0.1) is 0 Å². The summed E-state index contributed by atoms with van der Waals surface area (Å²) in [5, 5.41) is 24.5. The molecule has 192 valence electrons. The number of amides is 2. The molecule has 2 aromatic heterocycles. The smallest absolute Gasteiger partial charge is 0.352 e. The van der Waals surface area contributed by atoms with Crippen LogP contribution in [0.5, 0.6) is 0 Å². The third-order valence-electron chi connectivity index (χ3n) is 4.75. The van der Waals surface area contributed by atoms with Crippen LogP contribution in [0, 0.1) is 0 Å². The predicted molar refractivity (Wildman–Crippen MR) is 135 cm³/mol. The molecule has 18 heteroatoms. The van der Waals surface area contributed by atoms with Crippen LogP contribution in [0.4, 0.5) is 5.13 Å². The number of aromatic nitrogens is 4. The summed E-state index contributed by atoms with van der Waals surface area (Å²) in [5.41, 5.74) is 11.4. The van der Waals surface area contributed by atoms with Gasteiger partial charge < -0.3 is 26.7 Å². The predicted octanol–water partition coefficient (Wildman–Crippen LogP) is 0.0905. The lowest BCUT2D eigenvalue weighted by Crippen LogP contribution is -2.71. The molecular formula is C18H21N9O5S4. The number of aliphatic carboxylic acids is 1. The highest BCUT2D eigenvalue weighted by molar-refractivity contribution is 8.01. The van der Waals surface area contributed by atoms with Crippen molar-refractivity contribution in [1.29, 1.82) is 0 Å². The number of carbonyl (C=O) groups excluding carboxylic acids is 2. The second kappa shape index (κ2) is 11.1. The largest absolute Gasteiger partial charge is 0.477 e. The van der Waals surface area contributed by atoms with Gasteiger partial charge in [0.15, 0.2) is 9.47 Å². The summed E-state index contributed by atoms with van der Waals surface area (Å²) in [5.74, 6) is -1.85. The van der Waals surface area contributed by atoms with Gasteiger partial charge in [-0.15, -0.1) is 22.0 Å². The fourth-order valence-corrected chi connectivity index (χ4v) is 6.90. The molecule has 0 aliphatic carbocycles. The first kappa shape index (κ1) is 26.3. The second-order valence-corrected chi connectivity index (χ2v) is 11.8. The van der Waals surface area contributed by atoms with Crippen molar-refractivity contribution in [2.45, 2.75) is 42.3 Å². The molecule has 6 N–H and O–H groups in total. The third-order valence-corrected chi connectivity index (χ3v) is 8.80. The number of nitrogens with one attached hydrogen (secondary N) is 1. The van der Waals surface area contributed by atoms with E-state index in [2.05, 4.69) is 30.0 Å². The molecule has 4 heterocycles. The van der Waals surface area contributed by atoms with Crippen LogP contribution >= 0.6 is 46.4 Å². The van der Waals surface area contributed by atoms with Crippen LogP contribution in [0.2, 0.25) is 0 Å². The first-order valence-electron chi connectivity index (χ1n) is 10.4. The highest BCUT2D eigenvalue weighted by Crippen LogP contribution is 2.41. The molecule has 0 radical (unpaired) electrons. The zero-order chi connectivity index (χ0) is 26.0. The normalized spacial score (nSPS) is 19.8. The molecule has 2 amide bonds. The first-order valence-corrected chi connectivity index (χ1v) is 14.0. The minimum atomic E-state index is -1.22. The average molecular weight is 572 g/mol. The number of nitrogen functional groups attached to an aromatic ring is 1. The second-order valence-electron chi connectivity index (χ2n) is 7.62. The van der Waals surface area contributed by atoms with Crippen LogP contribution in [0.1, 0.15) is 24.7 Å². The van der Waals surface area contributed by atoms with Gasteiger partial charge in [-0.2, -0.15) is 9.36 Å². The fourth-order valence-electron chi connectivity index (χ4n) is 3.21. The van der Waals surface area contributed by atoms with E-state index in [0.29, 0.717) is 26.4 Å². The van der Waals surface area contributed by atoms with E-state index in [1.807, 2.05) is 0 Å². The van der Waals surface area contributed by atoms with Crippen LogP contribution in [-0.4, -0.2) is 82.1 Å². The van der Waals surface area contributed by atoms with E-state index in [-0.39, 0.29) is 35.0 Å². The first-order chi connectivity index (χ1) is 17.2. The molecule has 4 rings (SSSR count). The Kier molecular flexibility index (Phi) is 8.08. The van der Waals surface area contributed by atoms with Crippen molar-refractivity contribution >= 4 is 75.0 Å². The number of hydrogen-bond acceptors (Lipinski definition) is 15. The van der Waals surface area contributed by atoms with Gasteiger partial charge in [0.2, 0.25) is 11.5 Å². The number of rotatable bonds is 10. The lowest BCUT2D eigenvalue weighted by atomic mass is 10.0. The van der Waals surface area contributed by atoms with Crippen molar-refractivity contribution < 1.29 is 24.3 Å². The number of β-lactam (4-membered cyclic amide) rings is 1. The molecule has 2 unspecified atom stereocenters. The third kappa shape index (κ3) is 5.46. The number of oxime groups is 1. The summed E-state index contributed by atoms with van der Waals surface area (Å²) >= 11 is 4.90. The number of carboxylic acid groups (broad SMARTS) is 1. The number of nitrogens with zero attached hydrogens (tertiary/aromatic N) is 6. The van der Waals surface area contributed by atoms with Crippen molar-refractivity contribution in [3.8, 4) is 0 Å². The van der Waals surface area contributed by atoms with Gasteiger partial charge in [-0.05, 0) is 19.4 Å². The van der Waals surface area contributed by atoms with E-state index in [9.17, 15) is 19.5 Å². The zero-order valence-corrected chi connectivity index (χ0v) is 22.2. The van der Waals surface area contributed by atoms with Crippen LogP contribution in [0.3, 0.4) is 0 Å². The van der Waals surface area contributed by atoms with E-state index in [1.165, 1.54) is 39.8 Å². The average Bonchev–Trinajstić information content (AvgIpc) is 3.49. The molecule has 2 atom stereocenters. The molecule has 2 aliphatic rings. The Morgan fingerprint density at radius 1 is 1.39 bits per heavy atom. The maximum atomic E-state index is 13.0. The van der Waals surface area contributed by atoms with Gasteiger partial charge >= 0.3 is 5.97 Å². The van der Waals surface area contributed by atoms with Crippen LogP contribution in [0.15, 0.2) is 20.8 Å². The Labute approximate surface area is 221 Å². The van der Waals surface area contributed by atoms with Crippen LogP contribution in [-0.2, 0) is 25.8 Å². The van der Waals surface area contributed by atoms with Crippen molar-refractivity contribution in [1.82, 2.24) is 29.8 Å². The number of thioether (sulfide) groups is 2. The number of carbonyl (C=O) groups is 3. The number of hydrogen-bond donors (Lipinski definition) is 4. The summed E-state index contributed by atoms with van der Waals surface area (Å²) in [6.07, 6.45) is -0.319. The van der Waals surface area contributed by atoms with E-state index in [0.717, 1.165) is 11.5 Å².